The standard InChI is InChI=1S/C19H22N4O7S/c1-29-17-6-5-15(12-18(17)31(27,28)22-7-9-30-10-8-22)21-19(24)13-20-14-3-2-4-16(11-14)23(25)26/h2-6,11-12,20H,7-10,13H2,1H3,(H,21,24). The highest BCUT2D eigenvalue weighted by atomic mass is 32.2. The van der Waals surface area contributed by atoms with Crippen LogP contribution in [0.3, 0.4) is 0 Å². The van der Waals surface area contributed by atoms with E-state index in [1.807, 2.05) is 0 Å². The van der Waals surface area contributed by atoms with Crippen molar-refractivity contribution in [3.63, 3.8) is 0 Å². The van der Waals surface area contributed by atoms with Crippen molar-refractivity contribution in [2.45, 2.75) is 4.90 Å². The topological polar surface area (TPSA) is 140 Å². The molecular weight excluding hydrogens is 428 g/mol. The van der Waals surface area contributed by atoms with E-state index in [1.54, 1.807) is 6.07 Å². The molecule has 1 fully saturated rings. The maximum atomic E-state index is 13.0. The minimum absolute atomic E-state index is 0.0543. The van der Waals surface area contributed by atoms with Crippen molar-refractivity contribution >= 4 is 33.0 Å². The average Bonchev–Trinajstić information content (AvgIpc) is 2.78. The Balaban J connectivity index is 1.71. The predicted molar refractivity (Wildman–Crippen MR) is 113 cm³/mol. The molecule has 0 bridgehead atoms. The number of benzene rings is 2. The van der Waals surface area contributed by atoms with Crippen molar-refractivity contribution in [3.05, 3.63) is 52.6 Å². The third-order valence-corrected chi connectivity index (χ3v) is 6.47. The molecular formula is C19H22N4O7S. The highest BCUT2D eigenvalue weighted by Crippen LogP contribution is 2.30. The zero-order valence-electron chi connectivity index (χ0n) is 16.7. The zero-order valence-corrected chi connectivity index (χ0v) is 17.6. The fourth-order valence-electron chi connectivity index (χ4n) is 3.00. The van der Waals surface area contributed by atoms with Crippen molar-refractivity contribution < 1.29 is 27.6 Å². The molecule has 0 unspecified atom stereocenters. The number of nitrogens with zero attached hydrogens (tertiary/aromatic N) is 2. The number of carbonyl (C=O) groups excluding carboxylic acids is 1. The number of nitrogens with one attached hydrogen (secondary N) is 2. The van der Waals surface area contributed by atoms with Crippen molar-refractivity contribution in [2.24, 2.45) is 0 Å². The maximum Gasteiger partial charge on any atom is 0.271 e. The first-order chi connectivity index (χ1) is 14.8. The normalized spacial score (nSPS) is 14.6. The Hall–Kier alpha value is -3.22. The lowest BCUT2D eigenvalue weighted by Crippen LogP contribution is -2.40. The summed E-state index contributed by atoms with van der Waals surface area (Å²) in [5.74, 6) is -0.286. The summed E-state index contributed by atoms with van der Waals surface area (Å²) in [6.07, 6.45) is 0. The Morgan fingerprint density at radius 1 is 1.19 bits per heavy atom. The number of non-ortho nitro benzene ring substituents is 1. The van der Waals surface area contributed by atoms with E-state index in [4.69, 9.17) is 9.47 Å². The van der Waals surface area contributed by atoms with Gasteiger partial charge in [0.05, 0.1) is 31.8 Å². The Kier molecular flexibility index (Phi) is 7.05. The van der Waals surface area contributed by atoms with Gasteiger partial charge in [-0.3, -0.25) is 14.9 Å². The second kappa shape index (κ2) is 9.73. The van der Waals surface area contributed by atoms with Crippen LogP contribution in [0.15, 0.2) is 47.4 Å². The quantitative estimate of drug-likeness (QED) is 0.457. The lowest BCUT2D eigenvalue weighted by atomic mass is 10.2. The maximum absolute atomic E-state index is 13.0. The summed E-state index contributed by atoms with van der Waals surface area (Å²) >= 11 is 0. The molecule has 0 aromatic heterocycles. The summed E-state index contributed by atoms with van der Waals surface area (Å²) in [4.78, 5) is 22.6. The average molecular weight is 450 g/mol. The number of nitro benzene ring substituents is 1. The molecule has 3 rings (SSSR count). The van der Waals surface area contributed by atoms with Gasteiger partial charge in [-0.25, -0.2) is 8.42 Å². The van der Waals surface area contributed by atoms with Gasteiger partial charge in [-0.15, -0.1) is 0 Å². The molecule has 0 radical (unpaired) electrons. The van der Waals surface area contributed by atoms with Gasteiger partial charge in [-0.1, -0.05) is 6.07 Å². The molecule has 0 aliphatic carbocycles. The van der Waals surface area contributed by atoms with Crippen molar-refractivity contribution in [2.75, 3.05) is 50.6 Å². The van der Waals surface area contributed by atoms with Gasteiger partial charge < -0.3 is 20.1 Å². The number of anilines is 2. The molecule has 1 heterocycles. The van der Waals surface area contributed by atoms with E-state index in [9.17, 15) is 23.3 Å². The van der Waals surface area contributed by atoms with Gasteiger partial charge in [0.15, 0.2) is 0 Å². The molecule has 2 N–H and O–H groups in total. The predicted octanol–water partition coefficient (Wildman–Crippen LogP) is 1.67. The molecule has 1 amide bonds. The third kappa shape index (κ3) is 5.48. The second-order valence-corrected chi connectivity index (χ2v) is 8.50. The highest BCUT2D eigenvalue weighted by Gasteiger charge is 2.29. The van der Waals surface area contributed by atoms with E-state index >= 15 is 0 Å². The number of hydrogen-bond donors (Lipinski definition) is 2. The minimum atomic E-state index is -3.83. The fourth-order valence-corrected chi connectivity index (χ4v) is 4.59. The van der Waals surface area contributed by atoms with Crippen LogP contribution in [0.4, 0.5) is 17.1 Å². The number of ether oxygens (including phenoxy) is 2. The smallest absolute Gasteiger partial charge is 0.271 e. The summed E-state index contributed by atoms with van der Waals surface area (Å²) in [6, 6.07) is 10.1. The Bertz CT molecular complexity index is 1070. The lowest BCUT2D eigenvalue weighted by Gasteiger charge is -2.26. The van der Waals surface area contributed by atoms with Crippen LogP contribution < -0.4 is 15.4 Å². The molecule has 12 heteroatoms. The highest BCUT2D eigenvalue weighted by molar-refractivity contribution is 7.89. The number of rotatable bonds is 8. The number of morpholine rings is 1. The summed E-state index contributed by atoms with van der Waals surface area (Å²) in [5, 5.41) is 16.3. The van der Waals surface area contributed by atoms with E-state index in [0.717, 1.165) is 0 Å². The molecule has 31 heavy (non-hydrogen) atoms. The minimum Gasteiger partial charge on any atom is -0.495 e. The van der Waals surface area contributed by atoms with Crippen molar-refractivity contribution in [3.8, 4) is 5.75 Å². The second-order valence-electron chi connectivity index (χ2n) is 6.59. The van der Waals surface area contributed by atoms with Crippen LogP contribution in [0.25, 0.3) is 0 Å². The lowest BCUT2D eigenvalue weighted by molar-refractivity contribution is -0.384. The number of amides is 1. The molecule has 0 saturated carbocycles. The van der Waals surface area contributed by atoms with E-state index < -0.39 is 20.9 Å². The Morgan fingerprint density at radius 2 is 1.94 bits per heavy atom. The van der Waals surface area contributed by atoms with Gasteiger partial charge in [-0.05, 0) is 24.3 Å². The Labute approximate surface area is 179 Å². The van der Waals surface area contributed by atoms with E-state index in [2.05, 4.69) is 10.6 Å². The number of methoxy groups -OCH3 is 1. The van der Waals surface area contributed by atoms with Gasteiger partial charge in [-0.2, -0.15) is 4.31 Å². The van der Waals surface area contributed by atoms with Gasteiger partial charge in [0, 0.05) is 36.6 Å². The molecule has 166 valence electrons. The van der Waals surface area contributed by atoms with Crippen LogP contribution >= 0.6 is 0 Å². The van der Waals surface area contributed by atoms with Gasteiger partial charge in [0.1, 0.15) is 10.6 Å². The molecule has 1 aliphatic heterocycles. The number of sulfonamides is 1. The molecule has 11 nitrogen and oxygen atoms in total. The number of hydrogen-bond acceptors (Lipinski definition) is 8. The molecule has 2 aromatic rings. The van der Waals surface area contributed by atoms with Gasteiger partial charge in [0.25, 0.3) is 5.69 Å². The van der Waals surface area contributed by atoms with Crippen LogP contribution in [0, 0.1) is 10.1 Å². The van der Waals surface area contributed by atoms with E-state index in [-0.39, 0.29) is 41.7 Å². The summed E-state index contributed by atoms with van der Waals surface area (Å²) < 4.78 is 37.7. The Morgan fingerprint density at radius 3 is 2.61 bits per heavy atom. The van der Waals surface area contributed by atoms with Crippen LogP contribution in [0.2, 0.25) is 0 Å². The molecule has 1 aliphatic rings. The first kappa shape index (κ1) is 22.5. The molecule has 1 saturated heterocycles. The van der Waals surface area contributed by atoms with E-state index in [0.29, 0.717) is 18.9 Å². The molecule has 0 spiro atoms. The number of carbonyl (C=O) groups is 1. The molecule has 2 aromatic carbocycles. The van der Waals surface area contributed by atoms with Crippen LogP contribution in [-0.2, 0) is 19.6 Å². The van der Waals surface area contributed by atoms with Crippen molar-refractivity contribution in [1.82, 2.24) is 4.31 Å². The van der Waals surface area contributed by atoms with Gasteiger partial charge in [0.2, 0.25) is 15.9 Å². The zero-order chi connectivity index (χ0) is 22.4. The SMILES string of the molecule is COc1ccc(NC(=O)CNc2cccc([N+](=O)[O-])c2)cc1S(=O)(=O)N1CCOCC1. The summed E-state index contributed by atoms with van der Waals surface area (Å²) in [6.45, 7) is 0.908. The first-order valence-corrected chi connectivity index (χ1v) is 10.8. The van der Waals surface area contributed by atoms with Crippen LogP contribution in [0.1, 0.15) is 0 Å². The summed E-state index contributed by atoms with van der Waals surface area (Å²) in [5.41, 5.74) is 0.590. The largest absolute Gasteiger partial charge is 0.495 e. The van der Waals surface area contributed by atoms with E-state index in [1.165, 1.54) is 47.8 Å². The van der Waals surface area contributed by atoms with Gasteiger partial charge >= 0.3 is 0 Å². The van der Waals surface area contributed by atoms with Crippen LogP contribution in [-0.4, -0.2) is 63.5 Å². The summed E-state index contributed by atoms with van der Waals surface area (Å²) in [7, 11) is -2.46. The fraction of sp³-hybridized carbons (Fsp3) is 0.316. The first-order valence-electron chi connectivity index (χ1n) is 9.35. The van der Waals surface area contributed by atoms with Crippen LogP contribution in [0.5, 0.6) is 5.75 Å². The van der Waals surface area contributed by atoms with Crippen molar-refractivity contribution in [1.29, 1.82) is 0 Å². The number of nitro groups is 1. The molecule has 0 atom stereocenters. The third-order valence-electron chi connectivity index (χ3n) is 4.55. The monoisotopic (exact) mass is 450 g/mol.